The highest BCUT2D eigenvalue weighted by Crippen LogP contribution is 2.25. The molecule has 1 aromatic carbocycles. The Hall–Kier alpha value is -2.86. The van der Waals surface area contributed by atoms with E-state index in [4.69, 9.17) is 4.74 Å². The molecular weight excluding hydrogens is 358 g/mol. The molecule has 2 heterocycles. The van der Waals surface area contributed by atoms with Crippen molar-refractivity contribution in [1.29, 1.82) is 0 Å². The molecule has 0 atom stereocenters. The van der Waals surface area contributed by atoms with Crippen molar-refractivity contribution >= 4 is 23.4 Å². The standard InChI is InChI=1S/C21H21N3O2S/c1-2-26-18-9-6-16(7-10-18)8-11-19(25)24-17-12-14-23-21(15-17)27-20-5-3-4-13-22-20/h3-7,9-10,12-15H,2,8,11H2,1H3,(H,23,24,25). The first-order valence-corrected chi connectivity index (χ1v) is 9.61. The number of ether oxygens (including phenoxy) is 1. The van der Waals surface area contributed by atoms with E-state index in [1.165, 1.54) is 11.8 Å². The maximum Gasteiger partial charge on any atom is 0.224 e. The van der Waals surface area contributed by atoms with Crippen LogP contribution in [0.5, 0.6) is 5.75 Å². The van der Waals surface area contributed by atoms with Crippen molar-refractivity contribution in [1.82, 2.24) is 9.97 Å². The van der Waals surface area contributed by atoms with Crippen LogP contribution < -0.4 is 10.1 Å². The Morgan fingerprint density at radius 2 is 1.85 bits per heavy atom. The van der Waals surface area contributed by atoms with E-state index in [1.807, 2.05) is 55.5 Å². The van der Waals surface area contributed by atoms with Crippen LogP contribution in [0.25, 0.3) is 0 Å². The Morgan fingerprint density at radius 3 is 2.59 bits per heavy atom. The molecule has 1 amide bonds. The minimum absolute atomic E-state index is 0.0242. The third-order valence-corrected chi connectivity index (χ3v) is 4.62. The summed E-state index contributed by atoms with van der Waals surface area (Å²) >= 11 is 1.46. The van der Waals surface area contributed by atoms with Crippen molar-refractivity contribution in [3.63, 3.8) is 0 Å². The number of rotatable bonds is 8. The third-order valence-electron chi connectivity index (χ3n) is 3.74. The summed E-state index contributed by atoms with van der Waals surface area (Å²) in [6, 6.07) is 17.2. The predicted molar refractivity (Wildman–Crippen MR) is 107 cm³/mol. The van der Waals surface area contributed by atoms with E-state index >= 15 is 0 Å². The molecule has 138 valence electrons. The normalized spacial score (nSPS) is 10.4. The molecule has 0 fully saturated rings. The number of amides is 1. The molecule has 3 rings (SSSR count). The number of hydrogen-bond donors (Lipinski definition) is 1. The highest BCUT2D eigenvalue weighted by atomic mass is 32.2. The van der Waals surface area contributed by atoms with Crippen LogP contribution in [0, 0.1) is 0 Å². The van der Waals surface area contributed by atoms with Crippen molar-refractivity contribution in [3.8, 4) is 5.75 Å². The summed E-state index contributed by atoms with van der Waals surface area (Å²) in [6.07, 6.45) is 4.53. The minimum atomic E-state index is -0.0242. The van der Waals surface area contributed by atoms with E-state index in [0.717, 1.165) is 27.1 Å². The number of carbonyl (C=O) groups excluding carboxylic acids is 1. The van der Waals surface area contributed by atoms with E-state index in [0.29, 0.717) is 19.4 Å². The highest BCUT2D eigenvalue weighted by Gasteiger charge is 2.06. The molecular formula is C21H21N3O2S. The second-order valence-electron chi connectivity index (χ2n) is 5.78. The molecule has 3 aromatic rings. The topological polar surface area (TPSA) is 64.1 Å². The number of aryl methyl sites for hydroxylation is 1. The number of hydrogen-bond acceptors (Lipinski definition) is 5. The monoisotopic (exact) mass is 379 g/mol. The first-order valence-electron chi connectivity index (χ1n) is 8.79. The third kappa shape index (κ3) is 6.11. The summed E-state index contributed by atoms with van der Waals surface area (Å²) in [7, 11) is 0. The van der Waals surface area contributed by atoms with Gasteiger partial charge in [0, 0.05) is 24.5 Å². The zero-order valence-electron chi connectivity index (χ0n) is 15.1. The number of nitrogens with zero attached hydrogens (tertiary/aromatic N) is 2. The molecule has 6 heteroatoms. The van der Waals surface area contributed by atoms with Crippen LogP contribution in [0.3, 0.4) is 0 Å². The molecule has 5 nitrogen and oxygen atoms in total. The quantitative estimate of drug-likeness (QED) is 0.620. The van der Waals surface area contributed by atoms with E-state index in [9.17, 15) is 4.79 Å². The zero-order chi connectivity index (χ0) is 18.9. The van der Waals surface area contributed by atoms with Gasteiger partial charge in [-0.3, -0.25) is 4.79 Å². The van der Waals surface area contributed by atoms with Gasteiger partial charge >= 0.3 is 0 Å². The Balaban J connectivity index is 1.52. The van der Waals surface area contributed by atoms with Crippen LogP contribution in [-0.2, 0) is 11.2 Å². The number of benzene rings is 1. The van der Waals surface area contributed by atoms with Crippen LogP contribution >= 0.6 is 11.8 Å². The van der Waals surface area contributed by atoms with E-state index in [1.54, 1.807) is 18.5 Å². The van der Waals surface area contributed by atoms with Crippen molar-refractivity contribution < 1.29 is 9.53 Å². The fourth-order valence-electron chi connectivity index (χ4n) is 2.46. The zero-order valence-corrected chi connectivity index (χ0v) is 15.9. The summed E-state index contributed by atoms with van der Waals surface area (Å²) in [5, 5.41) is 4.59. The summed E-state index contributed by atoms with van der Waals surface area (Å²) < 4.78 is 5.43. The molecule has 0 saturated carbocycles. The average molecular weight is 379 g/mol. The molecule has 2 aromatic heterocycles. The summed E-state index contributed by atoms with van der Waals surface area (Å²) in [6.45, 7) is 2.60. The van der Waals surface area contributed by atoms with Crippen LogP contribution in [0.4, 0.5) is 5.69 Å². The van der Waals surface area contributed by atoms with Crippen molar-refractivity contribution in [2.45, 2.75) is 29.8 Å². The molecule has 27 heavy (non-hydrogen) atoms. The Morgan fingerprint density at radius 1 is 1.04 bits per heavy atom. The molecule has 0 radical (unpaired) electrons. The minimum Gasteiger partial charge on any atom is -0.494 e. The molecule has 0 aliphatic heterocycles. The summed E-state index contributed by atoms with van der Waals surface area (Å²) in [5.41, 5.74) is 1.84. The van der Waals surface area contributed by atoms with Gasteiger partial charge in [-0.2, -0.15) is 0 Å². The largest absolute Gasteiger partial charge is 0.494 e. The molecule has 0 spiro atoms. The van der Waals surface area contributed by atoms with Gasteiger partial charge in [0.15, 0.2) is 0 Å². The Labute approximate surface area is 163 Å². The van der Waals surface area contributed by atoms with Crippen molar-refractivity contribution in [2.75, 3.05) is 11.9 Å². The Kier molecular flexibility index (Phi) is 6.82. The SMILES string of the molecule is CCOc1ccc(CCC(=O)Nc2ccnc(Sc3ccccn3)c2)cc1. The maximum atomic E-state index is 12.2. The van der Waals surface area contributed by atoms with E-state index in [-0.39, 0.29) is 5.91 Å². The van der Waals surface area contributed by atoms with Gasteiger partial charge in [-0.25, -0.2) is 9.97 Å². The van der Waals surface area contributed by atoms with Gasteiger partial charge in [-0.05, 0) is 55.3 Å². The second kappa shape index (κ2) is 9.73. The van der Waals surface area contributed by atoms with Gasteiger partial charge in [-0.15, -0.1) is 0 Å². The lowest BCUT2D eigenvalue weighted by Gasteiger charge is -2.07. The fraction of sp³-hybridized carbons (Fsp3) is 0.190. The number of nitrogens with one attached hydrogen (secondary N) is 1. The predicted octanol–water partition coefficient (Wildman–Crippen LogP) is 4.60. The first kappa shape index (κ1) is 18.9. The van der Waals surface area contributed by atoms with Crippen LogP contribution in [0.15, 0.2) is 77.0 Å². The average Bonchev–Trinajstić information content (AvgIpc) is 2.69. The summed E-state index contributed by atoms with van der Waals surface area (Å²) in [4.78, 5) is 20.8. The van der Waals surface area contributed by atoms with Gasteiger partial charge in [-0.1, -0.05) is 30.0 Å². The molecule has 0 unspecified atom stereocenters. The number of pyridine rings is 2. The van der Waals surface area contributed by atoms with Gasteiger partial charge in [0.1, 0.15) is 15.8 Å². The van der Waals surface area contributed by atoms with Gasteiger partial charge in [0.2, 0.25) is 5.91 Å². The number of aromatic nitrogens is 2. The van der Waals surface area contributed by atoms with Gasteiger partial charge in [0.05, 0.1) is 6.61 Å². The van der Waals surface area contributed by atoms with Gasteiger partial charge < -0.3 is 10.1 Å². The molecule has 1 N–H and O–H groups in total. The van der Waals surface area contributed by atoms with Gasteiger partial charge in [0.25, 0.3) is 0 Å². The summed E-state index contributed by atoms with van der Waals surface area (Å²) in [5.74, 6) is 0.823. The molecule has 0 saturated heterocycles. The molecule has 0 aliphatic rings. The fourth-order valence-corrected chi connectivity index (χ4v) is 3.23. The van der Waals surface area contributed by atoms with E-state index in [2.05, 4.69) is 15.3 Å². The lowest BCUT2D eigenvalue weighted by molar-refractivity contribution is -0.116. The van der Waals surface area contributed by atoms with Crippen molar-refractivity contribution in [2.24, 2.45) is 0 Å². The van der Waals surface area contributed by atoms with Crippen LogP contribution in [0.1, 0.15) is 18.9 Å². The van der Waals surface area contributed by atoms with Crippen LogP contribution in [0.2, 0.25) is 0 Å². The smallest absolute Gasteiger partial charge is 0.224 e. The van der Waals surface area contributed by atoms with E-state index < -0.39 is 0 Å². The maximum absolute atomic E-state index is 12.2. The first-order chi connectivity index (χ1) is 13.2. The number of anilines is 1. The Bertz CT molecular complexity index is 870. The lowest BCUT2D eigenvalue weighted by Crippen LogP contribution is -2.12. The number of carbonyl (C=O) groups is 1. The highest BCUT2D eigenvalue weighted by molar-refractivity contribution is 7.99. The lowest BCUT2D eigenvalue weighted by atomic mass is 10.1. The molecule has 0 aliphatic carbocycles. The second-order valence-corrected chi connectivity index (χ2v) is 6.82. The van der Waals surface area contributed by atoms with Crippen molar-refractivity contribution in [3.05, 3.63) is 72.6 Å². The van der Waals surface area contributed by atoms with Crippen LogP contribution in [-0.4, -0.2) is 22.5 Å². The molecule has 0 bridgehead atoms.